The summed E-state index contributed by atoms with van der Waals surface area (Å²) in [4.78, 5) is 14.8. The predicted molar refractivity (Wildman–Crippen MR) is 64.5 cm³/mol. The fourth-order valence-electron chi connectivity index (χ4n) is 1.66. The topological polar surface area (TPSA) is 76.2 Å². The number of nitrogens with two attached hydrogens (primary N) is 1. The molecule has 1 aromatic carbocycles. The van der Waals surface area contributed by atoms with Crippen molar-refractivity contribution in [3.8, 4) is 11.3 Å². The van der Waals surface area contributed by atoms with Crippen molar-refractivity contribution in [2.45, 2.75) is 6.54 Å². The first-order chi connectivity index (χ1) is 8.61. The molecule has 2 rings (SSSR count). The number of carboxylic acid groups (broad SMARTS) is 1. The summed E-state index contributed by atoms with van der Waals surface area (Å²) in [6.45, 7) is 0.190. The van der Waals surface area contributed by atoms with Crippen LogP contribution in [0.25, 0.3) is 11.3 Å². The Morgan fingerprint density at radius 3 is 2.67 bits per heavy atom. The number of aromatic carboxylic acids is 1. The van der Waals surface area contributed by atoms with E-state index in [2.05, 4.69) is 4.98 Å². The van der Waals surface area contributed by atoms with E-state index in [1.807, 2.05) is 0 Å². The number of halogens is 1. The van der Waals surface area contributed by atoms with Crippen LogP contribution in [0.3, 0.4) is 0 Å². The molecule has 2 aromatic rings. The third kappa shape index (κ3) is 2.36. The van der Waals surface area contributed by atoms with E-state index < -0.39 is 5.97 Å². The molecule has 0 aliphatic rings. The van der Waals surface area contributed by atoms with E-state index in [1.54, 1.807) is 12.1 Å². The van der Waals surface area contributed by atoms with E-state index in [0.717, 1.165) is 0 Å². The number of aromatic nitrogens is 1. The van der Waals surface area contributed by atoms with E-state index in [4.69, 9.17) is 10.8 Å². The largest absolute Gasteiger partial charge is 0.478 e. The van der Waals surface area contributed by atoms with Crippen LogP contribution >= 0.6 is 0 Å². The van der Waals surface area contributed by atoms with E-state index >= 15 is 0 Å². The van der Waals surface area contributed by atoms with Gasteiger partial charge in [0, 0.05) is 18.3 Å². The van der Waals surface area contributed by atoms with Crippen LogP contribution in [0, 0.1) is 5.82 Å². The van der Waals surface area contributed by atoms with E-state index in [0.29, 0.717) is 16.8 Å². The van der Waals surface area contributed by atoms with Crippen molar-refractivity contribution in [3.63, 3.8) is 0 Å². The number of carbonyl (C=O) groups is 1. The van der Waals surface area contributed by atoms with Crippen LogP contribution in [0.15, 0.2) is 36.5 Å². The summed E-state index contributed by atoms with van der Waals surface area (Å²) in [7, 11) is 0. The van der Waals surface area contributed by atoms with Gasteiger partial charge in [0.25, 0.3) is 0 Å². The Kier molecular flexibility index (Phi) is 3.34. The normalized spacial score (nSPS) is 10.3. The van der Waals surface area contributed by atoms with Crippen LogP contribution in [0.2, 0.25) is 0 Å². The molecule has 1 heterocycles. The molecule has 0 atom stereocenters. The summed E-state index contributed by atoms with van der Waals surface area (Å²) in [6.07, 6.45) is 1.27. The summed E-state index contributed by atoms with van der Waals surface area (Å²) in [5.41, 5.74) is 7.56. The SMILES string of the molecule is NCc1cc(F)ccc1-c1ccc(C(=O)O)cn1. The minimum atomic E-state index is -1.03. The van der Waals surface area contributed by atoms with Gasteiger partial charge in [-0.25, -0.2) is 9.18 Å². The van der Waals surface area contributed by atoms with Gasteiger partial charge in [0.2, 0.25) is 0 Å². The lowest BCUT2D eigenvalue weighted by Gasteiger charge is -2.07. The molecule has 0 aliphatic carbocycles. The lowest BCUT2D eigenvalue weighted by molar-refractivity contribution is 0.0696. The van der Waals surface area contributed by atoms with Crippen molar-refractivity contribution in [2.24, 2.45) is 5.73 Å². The zero-order valence-electron chi connectivity index (χ0n) is 9.43. The van der Waals surface area contributed by atoms with Crippen molar-refractivity contribution < 1.29 is 14.3 Å². The maximum atomic E-state index is 13.1. The van der Waals surface area contributed by atoms with Crippen LogP contribution in [-0.4, -0.2) is 16.1 Å². The highest BCUT2D eigenvalue weighted by atomic mass is 19.1. The summed E-state index contributed by atoms with van der Waals surface area (Å²) in [5.74, 6) is -1.39. The van der Waals surface area contributed by atoms with Gasteiger partial charge in [0.1, 0.15) is 5.82 Å². The van der Waals surface area contributed by atoms with Gasteiger partial charge in [-0.15, -0.1) is 0 Å². The third-order valence-electron chi connectivity index (χ3n) is 2.57. The van der Waals surface area contributed by atoms with Gasteiger partial charge in [0.15, 0.2) is 0 Å². The van der Waals surface area contributed by atoms with Gasteiger partial charge >= 0.3 is 5.97 Å². The molecule has 5 heteroatoms. The number of nitrogens with zero attached hydrogens (tertiary/aromatic N) is 1. The van der Waals surface area contributed by atoms with Gasteiger partial charge in [-0.1, -0.05) is 0 Å². The second-order valence-electron chi connectivity index (χ2n) is 3.74. The first-order valence-corrected chi connectivity index (χ1v) is 5.30. The summed E-state index contributed by atoms with van der Waals surface area (Å²) in [5, 5.41) is 8.77. The molecule has 0 spiro atoms. The Labute approximate surface area is 103 Å². The molecule has 92 valence electrons. The molecule has 18 heavy (non-hydrogen) atoms. The number of pyridine rings is 1. The quantitative estimate of drug-likeness (QED) is 0.868. The molecule has 0 saturated carbocycles. The highest BCUT2D eigenvalue weighted by molar-refractivity contribution is 5.87. The Morgan fingerprint density at radius 2 is 2.11 bits per heavy atom. The number of hydrogen-bond acceptors (Lipinski definition) is 3. The van der Waals surface area contributed by atoms with Crippen LogP contribution in [-0.2, 0) is 6.54 Å². The fraction of sp³-hybridized carbons (Fsp3) is 0.0769. The minimum absolute atomic E-state index is 0.107. The first kappa shape index (κ1) is 12.2. The molecule has 0 amide bonds. The molecule has 0 fully saturated rings. The summed E-state index contributed by atoms with van der Waals surface area (Å²) >= 11 is 0. The van der Waals surface area contributed by atoms with Crippen LogP contribution in [0.1, 0.15) is 15.9 Å². The molecule has 4 nitrogen and oxygen atoms in total. The molecular formula is C13H11FN2O2. The standard InChI is InChI=1S/C13H11FN2O2/c14-10-2-3-11(9(5-10)6-15)12-4-1-8(7-16-12)13(17)18/h1-5,7H,6,15H2,(H,17,18). The lowest BCUT2D eigenvalue weighted by Crippen LogP contribution is -2.02. The molecule has 3 N–H and O–H groups in total. The zero-order chi connectivity index (χ0) is 13.1. The number of benzene rings is 1. The van der Waals surface area contributed by atoms with Gasteiger partial charge in [-0.05, 0) is 35.9 Å². The first-order valence-electron chi connectivity index (χ1n) is 5.30. The number of hydrogen-bond donors (Lipinski definition) is 2. The Balaban J connectivity index is 2.45. The molecule has 1 aromatic heterocycles. The van der Waals surface area contributed by atoms with Gasteiger partial charge in [-0.3, -0.25) is 4.98 Å². The van der Waals surface area contributed by atoms with Crippen LogP contribution < -0.4 is 5.73 Å². The third-order valence-corrected chi connectivity index (χ3v) is 2.57. The van der Waals surface area contributed by atoms with Crippen molar-refractivity contribution in [1.82, 2.24) is 4.98 Å². The molecular weight excluding hydrogens is 235 g/mol. The van der Waals surface area contributed by atoms with Crippen molar-refractivity contribution in [3.05, 3.63) is 53.5 Å². The summed E-state index contributed by atoms with van der Waals surface area (Å²) < 4.78 is 13.1. The van der Waals surface area contributed by atoms with Gasteiger partial charge < -0.3 is 10.8 Å². The second kappa shape index (κ2) is 4.93. The van der Waals surface area contributed by atoms with E-state index in [-0.39, 0.29) is 17.9 Å². The average Bonchev–Trinajstić information content (AvgIpc) is 2.38. The summed E-state index contributed by atoms with van der Waals surface area (Å²) in [6, 6.07) is 7.29. The number of carboxylic acids is 1. The highest BCUT2D eigenvalue weighted by Crippen LogP contribution is 2.22. The Hall–Kier alpha value is -2.27. The monoisotopic (exact) mass is 246 g/mol. The van der Waals surface area contributed by atoms with Crippen LogP contribution in [0.4, 0.5) is 4.39 Å². The molecule has 0 saturated heterocycles. The van der Waals surface area contributed by atoms with E-state index in [9.17, 15) is 9.18 Å². The molecule has 0 unspecified atom stereocenters. The maximum absolute atomic E-state index is 13.1. The minimum Gasteiger partial charge on any atom is -0.478 e. The Bertz CT molecular complexity index is 582. The second-order valence-corrected chi connectivity index (χ2v) is 3.74. The average molecular weight is 246 g/mol. The molecule has 0 aliphatic heterocycles. The van der Waals surface area contributed by atoms with Crippen molar-refractivity contribution >= 4 is 5.97 Å². The van der Waals surface area contributed by atoms with Crippen molar-refractivity contribution in [2.75, 3.05) is 0 Å². The predicted octanol–water partition coefficient (Wildman–Crippen LogP) is 2.04. The molecule has 0 radical (unpaired) electrons. The van der Waals surface area contributed by atoms with E-state index in [1.165, 1.54) is 24.4 Å². The van der Waals surface area contributed by atoms with Crippen LogP contribution in [0.5, 0.6) is 0 Å². The van der Waals surface area contributed by atoms with Gasteiger partial charge in [-0.2, -0.15) is 0 Å². The lowest BCUT2D eigenvalue weighted by atomic mass is 10.0. The highest BCUT2D eigenvalue weighted by Gasteiger charge is 2.08. The fourth-order valence-corrected chi connectivity index (χ4v) is 1.66. The molecule has 0 bridgehead atoms. The maximum Gasteiger partial charge on any atom is 0.337 e. The Morgan fingerprint density at radius 1 is 1.33 bits per heavy atom. The number of rotatable bonds is 3. The van der Waals surface area contributed by atoms with Gasteiger partial charge in [0.05, 0.1) is 11.3 Å². The smallest absolute Gasteiger partial charge is 0.337 e. The van der Waals surface area contributed by atoms with Crippen molar-refractivity contribution in [1.29, 1.82) is 0 Å². The zero-order valence-corrected chi connectivity index (χ0v) is 9.43.